The zero-order chi connectivity index (χ0) is 20.8. The Morgan fingerprint density at radius 1 is 1.10 bits per heavy atom. The summed E-state index contributed by atoms with van der Waals surface area (Å²) in [5, 5.41) is 1.35. The van der Waals surface area contributed by atoms with Crippen molar-refractivity contribution < 1.29 is 9.21 Å². The normalized spacial score (nSPS) is 14.0. The summed E-state index contributed by atoms with van der Waals surface area (Å²) in [6.45, 7) is 4.04. The van der Waals surface area contributed by atoms with Crippen LogP contribution in [0.5, 0.6) is 0 Å². The first kappa shape index (κ1) is 19.1. The van der Waals surface area contributed by atoms with Crippen molar-refractivity contribution in [2.45, 2.75) is 38.0 Å². The van der Waals surface area contributed by atoms with Crippen LogP contribution in [0.3, 0.4) is 0 Å². The molecule has 0 amide bonds. The molecule has 0 bridgehead atoms. The van der Waals surface area contributed by atoms with Gasteiger partial charge in [0, 0.05) is 29.3 Å². The molecule has 0 radical (unpaired) electrons. The number of rotatable bonds is 5. The number of furan rings is 1. The minimum absolute atomic E-state index is 0.0622. The lowest BCUT2D eigenvalue weighted by molar-refractivity contribution is 0.108. The minimum Gasteiger partial charge on any atom is -0.454 e. The smallest absolute Gasteiger partial charge is 0.219 e. The largest absolute Gasteiger partial charge is 0.454 e. The van der Waals surface area contributed by atoms with Gasteiger partial charge >= 0.3 is 0 Å². The van der Waals surface area contributed by atoms with Gasteiger partial charge in [-0.05, 0) is 43.2 Å². The van der Waals surface area contributed by atoms with Gasteiger partial charge in [0.25, 0.3) is 0 Å². The topological polar surface area (TPSA) is 59.2 Å². The summed E-state index contributed by atoms with van der Waals surface area (Å²) < 4.78 is 6.11. The van der Waals surface area contributed by atoms with Gasteiger partial charge in [-0.15, -0.1) is 0 Å². The van der Waals surface area contributed by atoms with Crippen molar-refractivity contribution in [1.29, 1.82) is 0 Å². The van der Waals surface area contributed by atoms with Gasteiger partial charge in [-0.25, -0.2) is 9.97 Å². The lowest BCUT2D eigenvalue weighted by Crippen LogP contribution is -2.22. The molecule has 30 heavy (non-hydrogen) atoms. The van der Waals surface area contributed by atoms with Crippen LogP contribution in [0.15, 0.2) is 52.9 Å². The molecule has 1 aliphatic rings. The highest BCUT2D eigenvalue weighted by Gasteiger charge is 2.30. The lowest BCUT2D eigenvalue weighted by atomic mass is 10.2. The molecule has 1 saturated carbocycles. The Morgan fingerprint density at radius 3 is 2.63 bits per heavy atom. The number of benzene rings is 2. The van der Waals surface area contributed by atoms with Crippen molar-refractivity contribution in [2.24, 2.45) is 0 Å². The fraction of sp³-hybridized carbons (Fsp3) is 0.292. The Kier molecular flexibility index (Phi) is 4.74. The van der Waals surface area contributed by atoms with E-state index in [0.717, 1.165) is 46.4 Å². The van der Waals surface area contributed by atoms with E-state index in [1.54, 1.807) is 0 Å². The first-order chi connectivity index (χ1) is 14.5. The van der Waals surface area contributed by atoms with E-state index in [9.17, 15) is 4.79 Å². The molecule has 6 heteroatoms. The average Bonchev–Trinajstić information content (AvgIpc) is 3.49. The monoisotopic (exact) mass is 417 g/mol. The summed E-state index contributed by atoms with van der Waals surface area (Å²) in [6.07, 6.45) is 2.30. The second kappa shape index (κ2) is 7.43. The van der Waals surface area contributed by atoms with E-state index < -0.39 is 0 Å². The van der Waals surface area contributed by atoms with E-state index >= 15 is 0 Å². The third-order valence-corrected chi connectivity index (χ3v) is 6.23. The van der Waals surface area contributed by atoms with E-state index in [-0.39, 0.29) is 10.4 Å². The van der Waals surface area contributed by atoms with E-state index in [1.807, 2.05) is 62.4 Å². The van der Waals surface area contributed by atoms with Gasteiger partial charge in [0.05, 0.1) is 11.0 Å². The molecule has 2 aromatic carbocycles. The van der Waals surface area contributed by atoms with Gasteiger partial charge in [-0.1, -0.05) is 43.8 Å². The molecule has 5 rings (SSSR count). The summed E-state index contributed by atoms with van der Waals surface area (Å²) in [5.41, 5.74) is 3.72. The van der Waals surface area contributed by atoms with Crippen LogP contribution < -0.4 is 4.90 Å². The number of nitrogens with zero attached hydrogens (tertiary/aromatic N) is 3. The van der Waals surface area contributed by atoms with Crippen LogP contribution >= 0.6 is 11.8 Å². The van der Waals surface area contributed by atoms with Crippen LogP contribution in [0.4, 0.5) is 5.82 Å². The highest BCUT2D eigenvalue weighted by molar-refractivity contribution is 8.14. The fourth-order valence-corrected chi connectivity index (χ4v) is 4.29. The third-order valence-electron chi connectivity index (χ3n) is 5.31. The van der Waals surface area contributed by atoms with Crippen LogP contribution in [-0.4, -0.2) is 33.4 Å². The third kappa shape index (κ3) is 3.56. The molecule has 5 nitrogen and oxygen atoms in total. The van der Waals surface area contributed by atoms with Crippen LogP contribution in [0.25, 0.3) is 33.5 Å². The van der Waals surface area contributed by atoms with Crippen LogP contribution in [0.1, 0.15) is 37.0 Å². The van der Waals surface area contributed by atoms with E-state index in [2.05, 4.69) is 11.9 Å². The summed E-state index contributed by atoms with van der Waals surface area (Å²) in [7, 11) is 2.06. The zero-order valence-corrected chi connectivity index (χ0v) is 18.1. The maximum Gasteiger partial charge on any atom is 0.219 e. The predicted octanol–water partition coefficient (Wildman–Crippen LogP) is 5.92. The number of hydrogen-bond donors (Lipinski definition) is 0. The van der Waals surface area contributed by atoms with Crippen LogP contribution in [0, 0.1) is 0 Å². The number of carbonyl (C=O) groups excluding carboxylic acids is 1. The molecule has 0 atom stereocenters. The highest BCUT2D eigenvalue weighted by Crippen LogP contribution is 2.37. The Bertz CT molecular complexity index is 1230. The quantitative estimate of drug-likeness (QED) is 0.401. The van der Waals surface area contributed by atoms with Gasteiger partial charge in [-0.2, -0.15) is 0 Å². The van der Waals surface area contributed by atoms with Crippen molar-refractivity contribution in [3.63, 3.8) is 0 Å². The summed E-state index contributed by atoms with van der Waals surface area (Å²) >= 11 is 1.33. The van der Waals surface area contributed by atoms with Crippen molar-refractivity contribution in [3.8, 4) is 11.5 Å². The van der Waals surface area contributed by atoms with Crippen LogP contribution in [0.2, 0.25) is 0 Å². The number of anilines is 1. The van der Waals surface area contributed by atoms with Gasteiger partial charge in [-0.3, -0.25) is 4.79 Å². The first-order valence-corrected chi connectivity index (χ1v) is 11.1. The lowest BCUT2D eigenvalue weighted by Gasteiger charge is -2.20. The zero-order valence-electron chi connectivity index (χ0n) is 17.3. The average molecular weight is 418 g/mol. The second-order valence-electron chi connectivity index (χ2n) is 8.04. The van der Waals surface area contributed by atoms with Crippen molar-refractivity contribution >= 4 is 44.7 Å². The number of para-hydroxylation sites is 1. The first-order valence-electron chi connectivity index (χ1n) is 10.2. The second-order valence-corrected chi connectivity index (χ2v) is 9.59. The number of carbonyl (C=O) groups is 1. The molecule has 4 aromatic rings. The molecule has 0 aliphatic heterocycles. The molecular formula is C24H23N3O2S. The molecule has 2 heterocycles. The maximum atomic E-state index is 12.5. The molecule has 0 spiro atoms. The summed E-state index contributed by atoms with van der Waals surface area (Å²) in [5.74, 6) is 1.51. The Labute approximate surface area is 179 Å². The Balaban J connectivity index is 1.65. The number of aromatic nitrogens is 2. The minimum atomic E-state index is 0.0622. The maximum absolute atomic E-state index is 12.5. The molecular weight excluding hydrogens is 394 g/mol. The molecule has 0 unspecified atom stereocenters. The fourth-order valence-electron chi connectivity index (χ4n) is 3.60. The highest BCUT2D eigenvalue weighted by atomic mass is 32.2. The van der Waals surface area contributed by atoms with Gasteiger partial charge < -0.3 is 9.32 Å². The SMILES string of the molecule is CC(C)SC(=O)c1ccc2nc(-c3cc4ccccc4o3)c(N(C)C3CC3)nc2c1. The number of hydrogen-bond acceptors (Lipinski definition) is 6. The Hall–Kier alpha value is -2.86. The molecule has 1 aliphatic carbocycles. The van der Waals surface area contributed by atoms with Crippen LogP contribution in [-0.2, 0) is 0 Å². The van der Waals surface area contributed by atoms with Gasteiger partial charge in [0.15, 0.2) is 11.6 Å². The van der Waals surface area contributed by atoms with E-state index in [4.69, 9.17) is 14.4 Å². The van der Waals surface area contributed by atoms with E-state index in [1.165, 1.54) is 11.8 Å². The molecule has 2 aromatic heterocycles. The van der Waals surface area contributed by atoms with E-state index in [0.29, 0.717) is 17.4 Å². The Morgan fingerprint density at radius 2 is 1.90 bits per heavy atom. The van der Waals surface area contributed by atoms with Gasteiger partial charge in [0.1, 0.15) is 11.3 Å². The molecule has 152 valence electrons. The summed E-state index contributed by atoms with van der Waals surface area (Å²) in [4.78, 5) is 24.6. The standard InChI is InChI=1S/C24H23N3O2S/c1-14(2)30-24(28)16-8-11-18-19(12-16)26-23(27(3)17-9-10-17)22(25-18)21-13-15-6-4-5-7-20(15)29-21/h4-8,11-14,17H,9-10H2,1-3H3. The number of thioether (sulfide) groups is 1. The summed E-state index contributed by atoms with van der Waals surface area (Å²) in [6, 6.07) is 16.0. The van der Waals surface area contributed by atoms with Crippen molar-refractivity contribution in [3.05, 3.63) is 54.1 Å². The molecule has 0 N–H and O–H groups in total. The van der Waals surface area contributed by atoms with Crippen molar-refractivity contribution in [2.75, 3.05) is 11.9 Å². The molecule has 0 saturated heterocycles. The van der Waals surface area contributed by atoms with Crippen molar-refractivity contribution in [1.82, 2.24) is 9.97 Å². The van der Waals surface area contributed by atoms with Gasteiger partial charge in [0.2, 0.25) is 5.12 Å². The molecule has 1 fully saturated rings. The predicted molar refractivity (Wildman–Crippen MR) is 123 cm³/mol. The number of fused-ring (bicyclic) bond motifs is 2.